The molecule has 0 bridgehead atoms. The number of para-hydroxylation sites is 1. The Kier molecular flexibility index (Phi) is 10.9. The van der Waals surface area contributed by atoms with Gasteiger partial charge in [-0.2, -0.15) is 0 Å². The number of hydrogen-bond donors (Lipinski definition) is 0. The van der Waals surface area contributed by atoms with Crippen molar-refractivity contribution in [1.82, 2.24) is 0 Å². The highest BCUT2D eigenvalue weighted by molar-refractivity contribution is 5.91. The molecule has 0 heterocycles. The molecular weight excluding hydrogens is 905 g/mol. The predicted octanol–water partition coefficient (Wildman–Crippen LogP) is 19.3. The molecule has 0 amide bonds. The van der Waals surface area contributed by atoms with Crippen LogP contribution in [0.3, 0.4) is 0 Å². The highest BCUT2D eigenvalue weighted by Crippen LogP contribution is 2.66. The molecule has 0 saturated heterocycles. The second-order valence-corrected chi connectivity index (χ2v) is 20.0. The average Bonchev–Trinajstić information content (AvgIpc) is 3.98. The summed E-state index contributed by atoms with van der Waals surface area (Å²) in [6.07, 6.45) is 5.91. The summed E-state index contributed by atoms with van der Waals surface area (Å²) in [6.45, 7) is 0. The Morgan fingerprint density at radius 1 is 0.293 bits per heavy atom. The van der Waals surface area contributed by atoms with Crippen molar-refractivity contribution in [2.75, 3.05) is 9.80 Å². The van der Waals surface area contributed by atoms with Crippen LogP contribution in [-0.2, 0) is 5.41 Å². The van der Waals surface area contributed by atoms with E-state index in [1.165, 1.54) is 89.2 Å². The van der Waals surface area contributed by atoms with Crippen LogP contribution in [0.5, 0.6) is 0 Å². The Bertz CT molecular complexity index is 3790. The third-order valence-electron chi connectivity index (χ3n) is 15.9. The second-order valence-electron chi connectivity index (χ2n) is 20.0. The molecule has 3 aliphatic rings. The molecule has 354 valence electrons. The Hall–Kier alpha value is -9.50. The number of rotatable bonds is 10. The fourth-order valence-corrected chi connectivity index (χ4v) is 12.4. The minimum atomic E-state index is -0.527. The molecule has 0 fully saturated rings. The lowest BCUT2D eigenvalue weighted by molar-refractivity contribution is 0.701. The summed E-state index contributed by atoms with van der Waals surface area (Å²) in [5.41, 5.74) is 25.4. The van der Waals surface area contributed by atoms with E-state index < -0.39 is 5.41 Å². The average molecular weight is 957 g/mol. The molecule has 2 nitrogen and oxygen atoms in total. The summed E-state index contributed by atoms with van der Waals surface area (Å²) in [5, 5.41) is 0. The SMILES string of the molecule is C1=C(N(c2ccccc2)c2ccc(-c3ccc(-c4ccccc4)cc3)cc2)C=C2C(C1)c1ccc(N(c3ccc(-c4ccccc4)cc3)c3ccc(-c4ccccc4)cc3)cc1C21c2ccccc2-c2ccccc21. The number of fused-ring (bicyclic) bond motifs is 10. The van der Waals surface area contributed by atoms with Crippen LogP contribution < -0.4 is 9.80 Å². The molecule has 75 heavy (non-hydrogen) atoms. The van der Waals surface area contributed by atoms with Crippen LogP contribution in [0.2, 0.25) is 0 Å². The molecule has 0 saturated carbocycles. The van der Waals surface area contributed by atoms with E-state index in [1.54, 1.807) is 0 Å². The monoisotopic (exact) mass is 956 g/mol. The molecular formula is C73H52N2. The van der Waals surface area contributed by atoms with Gasteiger partial charge in [0.1, 0.15) is 0 Å². The fourth-order valence-electron chi connectivity index (χ4n) is 12.4. The molecule has 1 atom stereocenters. The van der Waals surface area contributed by atoms with E-state index in [9.17, 15) is 0 Å². The Morgan fingerprint density at radius 2 is 0.640 bits per heavy atom. The zero-order valence-electron chi connectivity index (χ0n) is 41.5. The van der Waals surface area contributed by atoms with E-state index in [2.05, 4.69) is 307 Å². The topological polar surface area (TPSA) is 6.48 Å². The molecule has 1 spiro atoms. The Morgan fingerprint density at radius 3 is 1.09 bits per heavy atom. The maximum Gasteiger partial charge on any atom is 0.0686 e. The van der Waals surface area contributed by atoms with Gasteiger partial charge in [-0.1, -0.05) is 231 Å². The van der Waals surface area contributed by atoms with Crippen molar-refractivity contribution >= 4 is 28.4 Å². The van der Waals surface area contributed by atoms with Gasteiger partial charge < -0.3 is 9.80 Å². The summed E-state index contributed by atoms with van der Waals surface area (Å²) in [7, 11) is 0. The summed E-state index contributed by atoms with van der Waals surface area (Å²) in [6, 6.07) is 105. The van der Waals surface area contributed by atoms with E-state index >= 15 is 0 Å². The standard InChI is InChI=1S/C73H52N2/c1-5-17-51(18-6-1)54-29-31-55(32-30-54)58-37-43-60(44-38-58)74(59-23-11-4-12-24-59)63-45-47-67-68-48-46-64(50-72(68)73(71(67)49-63)69-27-15-13-25-65(69)66-26-14-16-28-70(66)73)75(61-39-33-56(34-40-61)52-19-7-2-8-20-52)62-41-35-57(36-42-62)53-21-9-3-10-22-53/h1-46,48-50,67H,47H2. The van der Waals surface area contributed by atoms with Gasteiger partial charge >= 0.3 is 0 Å². The van der Waals surface area contributed by atoms with Gasteiger partial charge in [0.05, 0.1) is 5.41 Å². The van der Waals surface area contributed by atoms with Gasteiger partial charge in [-0.25, -0.2) is 0 Å². The summed E-state index contributed by atoms with van der Waals surface area (Å²) >= 11 is 0. The maximum atomic E-state index is 2.55. The number of benzene rings is 11. The lowest BCUT2D eigenvalue weighted by Crippen LogP contribution is -2.29. The molecule has 0 N–H and O–H groups in total. The van der Waals surface area contributed by atoms with Gasteiger partial charge in [-0.3, -0.25) is 0 Å². The van der Waals surface area contributed by atoms with Crippen molar-refractivity contribution in [3.8, 4) is 55.6 Å². The minimum absolute atomic E-state index is 0.180. The highest BCUT2D eigenvalue weighted by atomic mass is 15.2. The molecule has 3 aliphatic carbocycles. The van der Waals surface area contributed by atoms with Gasteiger partial charge in [0.15, 0.2) is 0 Å². The number of anilines is 5. The quantitative estimate of drug-likeness (QED) is 0.135. The van der Waals surface area contributed by atoms with E-state index in [-0.39, 0.29) is 5.92 Å². The predicted molar refractivity (Wildman–Crippen MR) is 313 cm³/mol. The van der Waals surface area contributed by atoms with Crippen molar-refractivity contribution in [3.63, 3.8) is 0 Å². The van der Waals surface area contributed by atoms with Crippen LogP contribution in [0.4, 0.5) is 28.4 Å². The third-order valence-corrected chi connectivity index (χ3v) is 15.9. The summed E-state index contributed by atoms with van der Waals surface area (Å²) in [4.78, 5) is 4.91. The number of hydrogen-bond acceptors (Lipinski definition) is 2. The maximum absolute atomic E-state index is 2.55. The van der Waals surface area contributed by atoms with Crippen LogP contribution in [0.25, 0.3) is 55.6 Å². The van der Waals surface area contributed by atoms with E-state index in [1.807, 2.05) is 0 Å². The van der Waals surface area contributed by atoms with Gasteiger partial charge in [0.25, 0.3) is 0 Å². The van der Waals surface area contributed by atoms with Crippen molar-refractivity contribution in [1.29, 1.82) is 0 Å². The molecule has 0 aliphatic heterocycles. The van der Waals surface area contributed by atoms with Crippen molar-refractivity contribution < 1.29 is 0 Å². The van der Waals surface area contributed by atoms with E-state index in [0.717, 1.165) is 34.9 Å². The first-order valence-electron chi connectivity index (χ1n) is 26.2. The van der Waals surface area contributed by atoms with E-state index in [0.29, 0.717) is 0 Å². The minimum Gasteiger partial charge on any atom is -0.311 e. The lowest BCUT2D eigenvalue weighted by Gasteiger charge is -2.36. The molecule has 14 rings (SSSR count). The molecule has 0 radical (unpaired) electrons. The molecule has 2 heteroatoms. The second kappa shape index (κ2) is 18.5. The number of nitrogens with zero attached hydrogens (tertiary/aromatic N) is 2. The van der Waals surface area contributed by atoms with Gasteiger partial charge in [-0.05, 0) is 157 Å². The largest absolute Gasteiger partial charge is 0.311 e. The van der Waals surface area contributed by atoms with Crippen LogP contribution in [-0.4, -0.2) is 0 Å². The van der Waals surface area contributed by atoms with Crippen molar-refractivity contribution in [3.05, 3.63) is 331 Å². The van der Waals surface area contributed by atoms with Gasteiger partial charge in [-0.15, -0.1) is 0 Å². The Labute approximate surface area is 440 Å². The van der Waals surface area contributed by atoms with Crippen molar-refractivity contribution in [2.45, 2.75) is 17.8 Å². The first-order valence-corrected chi connectivity index (χ1v) is 26.2. The fraction of sp³-hybridized carbons (Fsp3) is 0.0411. The zero-order valence-corrected chi connectivity index (χ0v) is 41.5. The molecule has 1 unspecified atom stereocenters. The Balaban J connectivity index is 0.908. The van der Waals surface area contributed by atoms with Gasteiger partial charge in [0.2, 0.25) is 0 Å². The van der Waals surface area contributed by atoms with Crippen LogP contribution in [0.1, 0.15) is 34.6 Å². The third kappa shape index (κ3) is 7.56. The molecule has 11 aromatic rings. The first kappa shape index (κ1) is 44.2. The summed E-state index contributed by atoms with van der Waals surface area (Å²) in [5.74, 6) is 0.180. The van der Waals surface area contributed by atoms with Crippen LogP contribution in [0.15, 0.2) is 309 Å². The normalized spacial score (nSPS) is 14.5. The van der Waals surface area contributed by atoms with Crippen LogP contribution >= 0.6 is 0 Å². The van der Waals surface area contributed by atoms with Gasteiger partial charge in [0, 0.05) is 40.1 Å². The molecule has 11 aromatic carbocycles. The van der Waals surface area contributed by atoms with E-state index in [4.69, 9.17) is 0 Å². The molecule has 0 aromatic heterocycles. The smallest absolute Gasteiger partial charge is 0.0686 e. The summed E-state index contributed by atoms with van der Waals surface area (Å²) < 4.78 is 0. The lowest BCUT2D eigenvalue weighted by atomic mass is 9.68. The van der Waals surface area contributed by atoms with Crippen LogP contribution in [0, 0.1) is 0 Å². The number of allylic oxidation sites excluding steroid dienone is 3. The first-order chi connectivity index (χ1) is 37.2. The zero-order chi connectivity index (χ0) is 49.7. The van der Waals surface area contributed by atoms with Crippen molar-refractivity contribution in [2.24, 2.45) is 0 Å². The highest BCUT2D eigenvalue weighted by Gasteiger charge is 2.55.